The van der Waals surface area contributed by atoms with E-state index in [1.54, 1.807) is 12.1 Å². The maximum Gasteiger partial charge on any atom is 0.326 e. The number of hydrogen-bond acceptors (Lipinski definition) is 8. The third-order valence-corrected chi connectivity index (χ3v) is 6.15. The zero-order valence-corrected chi connectivity index (χ0v) is 21.4. The van der Waals surface area contributed by atoms with Crippen molar-refractivity contribution >= 4 is 35.6 Å². The van der Waals surface area contributed by atoms with Crippen molar-refractivity contribution in [3.8, 4) is 5.75 Å². The van der Waals surface area contributed by atoms with E-state index in [2.05, 4.69) is 15.6 Å². The van der Waals surface area contributed by atoms with Crippen LogP contribution in [0.3, 0.4) is 0 Å². The van der Waals surface area contributed by atoms with E-state index in [0.717, 1.165) is 0 Å². The molecule has 39 heavy (non-hydrogen) atoms. The number of likely N-dealkylation sites (tertiary alicyclic amines) is 1. The van der Waals surface area contributed by atoms with Crippen molar-refractivity contribution in [1.29, 1.82) is 0 Å². The largest absolute Gasteiger partial charge is 0.508 e. The van der Waals surface area contributed by atoms with Gasteiger partial charge in [-0.1, -0.05) is 12.1 Å². The van der Waals surface area contributed by atoms with Crippen LogP contribution < -0.4 is 33.6 Å². The smallest absolute Gasteiger partial charge is 0.326 e. The number of carboxylic acids is 1. The number of aliphatic carboxylic acids is 1. The molecular weight excluding hydrogens is 512 g/mol. The van der Waals surface area contributed by atoms with Crippen LogP contribution in [0.25, 0.3) is 0 Å². The van der Waals surface area contributed by atoms with E-state index < -0.39 is 60.2 Å². The first-order valence-electron chi connectivity index (χ1n) is 12.4. The Morgan fingerprint density at radius 3 is 2.31 bits per heavy atom. The van der Waals surface area contributed by atoms with E-state index in [-0.39, 0.29) is 44.1 Å². The summed E-state index contributed by atoms with van der Waals surface area (Å²) in [5, 5.41) is 23.8. The molecule has 4 amide bonds. The molecule has 0 saturated carbocycles. The Hall–Kier alpha value is -4.40. The lowest BCUT2D eigenvalue weighted by atomic mass is 10.0. The Balaban J connectivity index is 2.07. The van der Waals surface area contributed by atoms with Crippen molar-refractivity contribution in [2.75, 3.05) is 13.1 Å². The number of carbonyl (C=O) groups excluding carboxylic acids is 4. The van der Waals surface area contributed by atoms with Crippen LogP contribution in [0.2, 0.25) is 0 Å². The summed E-state index contributed by atoms with van der Waals surface area (Å²) in [5.74, 6) is -4.30. The molecule has 12 N–H and O–H groups in total. The van der Waals surface area contributed by atoms with Gasteiger partial charge in [0.1, 0.15) is 23.9 Å². The fraction of sp³-hybridized carbons (Fsp3) is 0.500. The second kappa shape index (κ2) is 14.5. The molecule has 0 bridgehead atoms. The molecule has 0 radical (unpaired) electrons. The molecule has 15 nitrogen and oxygen atoms in total. The summed E-state index contributed by atoms with van der Waals surface area (Å²) >= 11 is 0. The molecule has 0 aliphatic carbocycles. The number of guanidine groups is 1. The number of nitrogens with two attached hydrogens (primary N) is 4. The highest BCUT2D eigenvalue weighted by atomic mass is 16.4. The molecule has 1 aliphatic heterocycles. The van der Waals surface area contributed by atoms with Gasteiger partial charge in [0.2, 0.25) is 23.6 Å². The summed E-state index contributed by atoms with van der Waals surface area (Å²) in [6.07, 6.45) is 0.624. The van der Waals surface area contributed by atoms with Crippen molar-refractivity contribution in [2.24, 2.45) is 27.9 Å². The van der Waals surface area contributed by atoms with Crippen molar-refractivity contribution in [3.05, 3.63) is 29.8 Å². The molecule has 4 atom stereocenters. The van der Waals surface area contributed by atoms with Gasteiger partial charge in [0.05, 0.1) is 12.5 Å². The van der Waals surface area contributed by atoms with Crippen molar-refractivity contribution < 1.29 is 34.2 Å². The maximum absolute atomic E-state index is 13.3. The molecule has 1 saturated heterocycles. The lowest BCUT2D eigenvalue weighted by Gasteiger charge is -2.29. The molecule has 1 fully saturated rings. The van der Waals surface area contributed by atoms with Gasteiger partial charge in [-0.2, -0.15) is 0 Å². The molecule has 4 unspecified atom stereocenters. The first-order valence-corrected chi connectivity index (χ1v) is 12.4. The average Bonchev–Trinajstić information content (AvgIpc) is 3.35. The van der Waals surface area contributed by atoms with Gasteiger partial charge in [-0.05, 0) is 49.8 Å². The van der Waals surface area contributed by atoms with Crippen LogP contribution in [0.1, 0.15) is 37.7 Å². The van der Waals surface area contributed by atoms with E-state index in [1.165, 1.54) is 17.0 Å². The number of aliphatic imine (C=N–C) groups is 1. The van der Waals surface area contributed by atoms with Crippen LogP contribution in [0.4, 0.5) is 0 Å². The SMILES string of the molecule is NC(=O)CC(NC(=O)C(N)Cc1ccc(O)cc1)C(=O)N1CCCC1C(=O)NC(CCCN=C(N)N)C(=O)O. The minimum absolute atomic E-state index is 0.0497. The summed E-state index contributed by atoms with van der Waals surface area (Å²) < 4.78 is 0. The summed E-state index contributed by atoms with van der Waals surface area (Å²) in [6, 6.07) is 1.38. The van der Waals surface area contributed by atoms with Gasteiger partial charge < -0.3 is 48.7 Å². The van der Waals surface area contributed by atoms with E-state index in [0.29, 0.717) is 18.4 Å². The number of hydrogen-bond donors (Lipinski definition) is 8. The van der Waals surface area contributed by atoms with Gasteiger partial charge in [0.15, 0.2) is 5.96 Å². The molecule has 2 rings (SSSR count). The molecule has 214 valence electrons. The van der Waals surface area contributed by atoms with Crippen LogP contribution >= 0.6 is 0 Å². The number of rotatable bonds is 14. The summed E-state index contributed by atoms with van der Waals surface area (Å²) in [4.78, 5) is 67.4. The zero-order valence-electron chi connectivity index (χ0n) is 21.4. The van der Waals surface area contributed by atoms with Crippen molar-refractivity contribution in [3.63, 3.8) is 0 Å². The highest BCUT2D eigenvalue weighted by Gasteiger charge is 2.39. The van der Waals surface area contributed by atoms with Gasteiger partial charge in [0, 0.05) is 13.1 Å². The number of aromatic hydroxyl groups is 1. The first kappa shape index (κ1) is 30.8. The van der Waals surface area contributed by atoms with E-state index in [1.807, 2.05) is 0 Å². The number of carboxylic acid groups (broad SMARTS) is 1. The highest BCUT2D eigenvalue weighted by Crippen LogP contribution is 2.20. The monoisotopic (exact) mass is 548 g/mol. The summed E-state index contributed by atoms with van der Waals surface area (Å²) in [7, 11) is 0. The summed E-state index contributed by atoms with van der Waals surface area (Å²) in [5.41, 5.74) is 22.5. The predicted octanol–water partition coefficient (Wildman–Crippen LogP) is -2.76. The molecule has 0 aromatic heterocycles. The quantitative estimate of drug-likeness (QED) is 0.0673. The standard InChI is InChI=1S/C24H36N8O7/c25-15(11-13-5-7-14(33)8-6-13)20(35)31-17(12-19(26)34)22(37)32-10-2-4-18(32)21(36)30-16(23(38)39)3-1-9-29-24(27)28/h5-8,15-18,33H,1-4,9-12,25H2,(H2,26,34)(H,30,36)(H,31,35)(H,38,39)(H4,27,28,29). The first-order chi connectivity index (χ1) is 18.4. The number of nitrogens with zero attached hydrogens (tertiary/aromatic N) is 2. The Morgan fingerprint density at radius 2 is 1.72 bits per heavy atom. The van der Waals surface area contributed by atoms with E-state index in [9.17, 15) is 34.2 Å². The lowest BCUT2D eigenvalue weighted by Crippen LogP contribution is -2.57. The fourth-order valence-electron chi connectivity index (χ4n) is 4.19. The molecule has 1 heterocycles. The number of amides is 4. The van der Waals surface area contributed by atoms with Crippen LogP contribution in [0, 0.1) is 0 Å². The second-order valence-electron chi connectivity index (χ2n) is 9.25. The molecule has 1 aromatic carbocycles. The Morgan fingerprint density at radius 1 is 1.05 bits per heavy atom. The maximum atomic E-state index is 13.3. The van der Waals surface area contributed by atoms with E-state index >= 15 is 0 Å². The van der Waals surface area contributed by atoms with Gasteiger partial charge in [-0.3, -0.25) is 24.2 Å². The Kier molecular flexibility index (Phi) is 11.5. The number of primary amides is 1. The van der Waals surface area contributed by atoms with Crippen molar-refractivity contribution in [1.82, 2.24) is 15.5 Å². The number of benzene rings is 1. The van der Waals surface area contributed by atoms with Crippen LogP contribution in [0.5, 0.6) is 5.75 Å². The molecule has 15 heteroatoms. The van der Waals surface area contributed by atoms with Crippen LogP contribution in [0.15, 0.2) is 29.3 Å². The molecule has 1 aromatic rings. The second-order valence-corrected chi connectivity index (χ2v) is 9.25. The van der Waals surface area contributed by atoms with E-state index in [4.69, 9.17) is 22.9 Å². The van der Waals surface area contributed by atoms with Crippen LogP contribution in [-0.2, 0) is 30.4 Å². The minimum Gasteiger partial charge on any atom is -0.508 e. The Bertz CT molecular complexity index is 1070. The van der Waals surface area contributed by atoms with Gasteiger partial charge in [0.25, 0.3) is 0 Å². The molecular formula is C24H36N8O7. The average molecular weight is 549 g/mol. The predicted molar refractivity (Wildman–Crippen MR) is 140 cm³/mol. The van der Waals surface area contributed by atoms with Crippen molar-refractivity contribution in [2.45, 2.75) is 62.7 Å². The number of phenols is 1. The third kappa shape index (κ3) is 9.77. The highest BCUT2D eigenvalue weighted by molar-refractivity contribution is 5.96. The number of carbonyl (C=O) groups is 5. The normalized spacial score (nSPS) is 16.9. The minimum atomic E-state index is -1.37. The topological polar surface area (TPSA) is 270 Å². The van der Waals surface area contributed by atoms with Gasteiger partial charge in [-0.25, -0.2) is 4.79 Å². The third-order valence-electron chi connectivity index (χ3n) is 6.15. The molecule has 0 spiro atoms. The number of phenolic OH excluding ortho intramolecular Hbond substituents is 1. The zero-order chi connectivity index (χ0) is 29.1. The molecule has 1 aliphatic rings. The summed E-state index contributed by atoms with van der Waals surface area (Å²) in [6.45, 7) is 0.337. The fourth-order valence-corrected chi connectivity index (χ4v) is 4.19. The lowest BCUT2D eigenvalue weighted by molar-refractivity contribution is -0.145. The number of nitrogens with one attached hydrogen (secondary N) is 2. The van der Waals surface area contributed by atoms with Gasteiger partial charge >= 0.3 is 5.97 Å². The Labute approximate surface area is 225 Å². The van der Waals surface area contributed by atoms with Gasteiger partial charge in [-0.15, -0.1) is 0 Å². The van der Waals surface area contributed by atoms with Crippen LogP contribution in [-0.4, -0.2) is 87.9 Å².